The van der Waals surface area contributed by atoms with Crippen LogP contribution in [0.25, 0.3) is 0 Å². The first-order valence-corrected chi connectivity index (χ1v) is 5.05. The van der Waals surface area contributed by atoms with Gasteiger partial charge in [0.1, 0.15) is 5.75 Å². The molecule has 0 fully saturated rings. The number of hydrogen-bond acceptors (Lipinski definition) is 2. The lowest BCUT2D eigenvalue weighted by Gasteiger charge is -2.05. The van der Waals surface area contributed by atoms with Gasteiger partial charge < -0.3 is 4.74 Å². The van der Waals surface area contributed by atoms with Gasteiger partial charge in [0.2, 0.25) is 5.88 Å². The number of hydrogen-bond donors (Lipinski definition) is 0. The zero-order valence-corrected chi connectivity index (χ0v) is 9.16. The van der Waals surface area contributed by atoms with Gasteiger partial charge in [0.15, 0.2) is 0 Å². The van der Waals surface area contributed by atoms with Crippen LogP contribution in [0.3, 0.4) is 0 Å². The molecule has 0 amide bonds. The summed E-state index contributed by atoms with van der Waals surface area (Å²) in [7, 11) is 0. The number of rotatable bonds is 2. The third kappa shape index (κ3) is 2.61. The average molecular weight is 240 g/mol. The van der Waals surface area contributed by atoms with Crippen LogP contribution in [0.1, 0.15) is 0 Å². The van der Waals surface area contributed by atoms with Crippen molar-refractivity contribution in [1.82, 2.24) is 4.98 Å². The molecule has 0 radical (unpaired) electrons. The van der Waals surface area contributed by atoms with Crippen molar-refractivity contribution < 1.29 is 4.74 Å². The minimum absolute atomic E-state index is 0.466. The van der Waals surface area contributed by atoms with Gasteiger partial charge in [-0.15, -0.1) is 0 Å². The molecule has 0 atom stereocenters. The zero-order chi connectivity index (χ0) is 10.7. The molecule has 0 bridgehead atoms. The normalized spacial score (nSPS) is 10.0. The summed E-state index contributed by atoms with van der Waals surface area (Å²) in [5, 5.41) is 1.04. The van der Waals surface area contributed by atoms with E-state index in [1.54, 1.807) is 30.5 Å². The maximum Gasteiger partial charge on any atom is 0.219 e. The smallest absolute Gasteiger partial charge is 0.219 e. The second-order valence-corrected chi connectivity index (χ2v) is 3.69. The van der Waals surface area contributed by atoms with Crippen LogP contribution in [-0.2, 0) is 0 Å². The van der Waals surface area contributed by atoms with Crippen molar-refractivity contribution in [2.75, 3.05) is 0 Å². The SMILES string of the molecule is Clc1ccc(Oc2ccccn2)c(Cl)c1. The Morgan fingerprint density at radius 3 is 2.60 bits per heavy atom. The molecular formula is C11H7Cl2NO. The number of benzene rings is 1. The standard InChI is InChI=1S/C11H7Cl2NO/c12-8-4-5-10(9(13)7-8)15-11-3-1-2-6-14-11/h1-7H. The summed E-state index contributed by atoms with van der Waals surface area (Å²) in [5.41, 5.74) is 0. The molecule has 0 saturated heterocycles. The fraction of sp³-hybridized carbons (Fsp3) is 0. The molecule has 2 nitrogen and oxygen atoms in total. The lowest BCUT2D eigenvalue weighted by molar-refractivity contribution is 0.463. The molecule has 1 aromatic heterocycles. The van der Waals surface area contributed by atoms with Crippen molar-refractivity contribution in [3.05, 3.63) is 52.6 Å². The molecule has 0 aliphatic carbocycles. The molecule has 0 spiro atoms. The van der Waals surface area contributed by atoms with Gasteiger partial charge >= 0.3 is 0 Å². The molecule has 1 heterocycles. The molecule has 2 aromatic rings. The molecule has 15 heavy (non-hydrogen) atoms. The van der Waals surface area contributed by atoms with Crippen molar-refractivity contribution in [1.29, 1.82) is 0 Å². The van der Waals surface area contributed by atoms with Gasteiger partial charge in [-0.3, -0.25) is 0 Å². The number of ether oxygens (including phenoxy) is 1. The molecule has 0 unspecified atom stereocenters. The number of pyridine rings is 1. The van der Waals surface area contributed by atoms with Crippen molar-refractivity contribution in [2.45, 2.75) is 0 Å². The van der Waals surface area contributed by atoms with Gasteiger partial charge in [-0.2, -0.15) is 0 Å². The summed E-state index contributed by atoms with van der Waals surface area (Å²) < 4.78 is 5.46. The Morgan fingerprint density at radius 1 is 1.07 bits per heavy atom. The first-order valence-electron chi connectivity index (χ1n) is 4.29. The Bertz CT molecular complexity index is 459. The second-order valence-electron chi connectivity index (χ2n) is 2.84. The fourth-order valence-electron chi connectivity index (χ4n) is 1.08. The van der Waals surface area contributed by atoms with Gasteiger partial charge in [-0.25, -0.2) is 4.98 Å². The van der Waals surface area contributed by atoms with Crippen LogP contribution in [-0.4, -0.2) is 4.98 Å². The Morgan fingerprint density at radius 2 is 1.93 bits per heavy atom. The van der Waals surface area contributed by atoms with Crippen molar-refractivity contribution in [3.8, 4) is 11.6 Å². The minimum Gasteiger partial charge on any atom is -0.437 e. The minimum atomic E-state index is 0.466. The van der Waals surface area contributed by atoms with Gasteiger partial charge in [0, 0.05) is 17.3 Å². The first kappa shape index (κ1) is 10.3. The lowest BCUT2D eigenvalue weighted by Crippen LogP contribution is -1.87. The molecule has 2 rings (SSSR count). The average Bonchev–Trinajstić information content (AvgIpc) is 2.24. The molecule has 0 N–H and O–H groups in total. The fourth-order valence-corrected chi connectivity index (χ4v) is 1.53. The topological polar surface area (TPSA) is 22.1 Å². The van der Waals surface area contributed by atoms with Crippen LogP contribution in [0.4, 0.5) is 0 Å². The van der Waals surface area contributed by atoms with Gasteiger partial charge in [0.25, 0.3) is 0 Å². The summed E-state index contributed by atoms with van der Waals surface area (Å²) in [4.78, 5) is 4.02. The molecular weight excluding hydrogens is 233 g/mol. The van der Waals surface area contributed by atoms with E-state index in [0.29, 0.717) is 21.7 Å². The summed E-state index contributed by atoms with van der Waals surface area (Å²) in [6.45, 7) is 0. The number of aromatic nitrogens is 1. The van der Waals surface area contributed by atoms with Crippen LogP contribution in [0.2, 0.25) is 10.0 Å². The van der Waals surface area contributed by atoms with Crippen molar-refractivity contribution >= 4 is 23.2 Å². The van der Waals surface area contributed by atoms with E-state index in [1.165, 1.54) is 0 Å². The quantitative estimate of drug-likeness (QED) is 0.785. The monoisotopic (exact) mass is 239 g/mol. The summed E-state index contributed by atoms with van der Waals surface area (Å²) in [5.74, 6) is 1.04. The highest BCUT2D eigenvalue weighted by atomic mass is 35.5. The Kier molecular flexibility index (Phi) is 3.09. The maximum absolute atomic E-state index is 5.94. The third-order valence-corrected chi connectivity index (χ3v) is 2.28. The van der Waals surface area contributed by atoms with E-state index in [9.17, 15) is 0 Å². The Hall–Kier alpha value is -1.25. The molecule has 0 aliphatic rings. The lowest BCUT2D eigenvalue weighted by atomic mass is 10.3. The van der Waals surface area contributed by atoms with E-state index in [1.807, 2.05) is 12.1 Å². The van der Waals surface area contributed by atoms with E-state index < -0.39 is 0 Å². The molecule has 0 saturated carbocycles. The van der Waals surface area contributed by atoms with E-state index in [0.717, 1.165) is 0 Å². The summed E-state index contributed by atoms with van der Waals surface area (Å²) in [6.07, 6.45) is 1.65. The first-order chi connectivity index (χ1) is 7.25. The van der Waals surface area contributed by atoms with Gasteiger partial charge in [-0.1, -0.05) is 29.3 Å². The molecule has 0 aliphatic heterocycles. The summed E-state index contributed by atoms with van der Waals surface area (Å²) >= 11 is 11.7. The van der Waals surface area contributed by atoms with Crippen LogP contribution >= 0.6 is 23.2 Å². The second kappa shape index (κ2) is 4.51. The van der Waals surface area contributed by atoms with Gasteiger partial charge in [0.05, 0.1) is 5.02 Å². The van der Waals surface area contributed by atoms with Crippen molar-refractivity contribution in [2.24, 2.45) is 0 Å². The molecule has 76 valence electrons. The third-order valence-electron chi connectivity index (χ3n) is 1.75. The van der Waals surface area contributed by atoms with E-state index in [2.05, 4.69) is 4.98 Å². The van der Waals surface area contributed by atoms with Gasteiger partial charge in [-0.05, 0) is 24.3 Å². The maximum atomic E-state index is 5.94. The van der Waals surface area contributed by atoms with Crippen LogP contribution in [0.15, 0.2) is 42.6 Å². The highest BCUT2D eigenvalue weighted by molar-refractivity contribution is 6.35. The van der Waals surface area contributed by atoms with Crippen LogP contribution < -0.4 is 4.74 Å². The summed E-state index contributed by atoms with van der Waals surface area (Å²) in [6, 6.07) is 10.5. The van der Waals surface area contributed by atoms with Crippen LogP contribution in [0.5, 0.6) is 11.6 Å². The van der Waals surface area contributed by atoms with E-state index >= 15 is 0 Å². The van der Waals surface area contributed by atoms with E-state index in [4.69, 9.17) is 27.9 Å². The number of nitrogens with zero attached hydrogens (tertiary/aromatic N) is 1. The van der Waals surface area contributed by atoms with Crippen LogP contribution in [0, 0.1) is 0 Å². The number of halogens is 2. The van der Waals surface area contributed by atoms with E-state index in [-0.39, 0.29) is 0 Å². The molecule has 4 heteroatoms. The zero-order valence-electron chi connectivity index (χ0n) is 7.65. The largest absolute Gasteiger partial charge is 0.437 e. The molecule has 1 aromatic carbocycles. The van der Waals surface area contributed by atoms with Crippen molar-refractivity contribution in [3.63, 3.8) is 0 Å². The Balaban J connectivity index is 2.25. The predicted molar refractivity (Wildman–Crippen MR) is 60.8 cm³/mol. The highest BCUT2D eigenvalue weighted by Crippen LogP contribution is 2.30. The Labute approximate surface area is 97.4 Å². The predicted octanol–water partition coefficient (Wildman–Crippen LogP) is 4.18. The highest BCUT2D eigenvalue weighted by Gasteiger charge is 2.03.